The third kappa shape index (κ3) is 4.82. The van der Waals surface area contributed by atoms with Gasteiger partial charge in [-0.25, -0.2) is 18.9 Å². The van der Waals surface area contributed by atoms with Crippen LogP contribution < -0.4 is 4.90 Å². The minimum atomic E-state index is -1.08. The maximum absolute atomic E-state index is 13.9. The zero-order valence-corrected chi connectivity index (χ0v) is 22.7. The molecule has 0 N–H and O–H groups in total. The Morgan fingerprint density at radius 2 is 1.97 bits per heavy atom. The molecule has 6 rings (SSSR count). The van der Waals surface area contributed by atoms with Crippen molar-refractivity contribution in [1.29, 1.82) is 0 Å². The highest BCUT2D eigenvalue weighted by Gasteiger charge is 2.72. The minimum absolute atomic E-state index is 0.00852. The SMILES string of the molecule is CCOC(=O)C[C@H]1CCCN(c2ccc(-c3nnn(C)c3COC(=O)N(C)C34CC(F)(C3)C4)nc2CC)C1. The first-order valence-electron chi connectivity index (χ1n) is 13.6. The van der Waals surface area contributed by atoms with Crippen LogP contribution in [0.25, 0.3) is 11.4 Å². The first-order valence-corrected chi connectivity index (χ1v) is 13.6. The van der Waals surface area contributed by atoms with Crippen molar-refractivity contribution in [3.8, 4) is 11.4 Å². The summed E-state index contributed by atoms with van der Waals surface area (Å²) in [5.41, 5.74) is 2.40. The largest absolute Gasteiger partial charge is 0.466 e. The van der Waals surface area contributed by atoms with Gasteiger partial charge in [0.05, 0.1) is 35.6 Å². The summed E-state index contributed by atoms with van der Waals surface area (Å²) in [6, 6.07) is 3.98. The number of hydrogen-bond acceptors (Lipinski definition) is 8. The third-order valence-corrected chi connectivity index (χ3v) is 8.35. The van der Waals surface area contributed by atoms with Crippen LogP contribution in [-0.2, 0) is 34.3 Å². The fourth-order valence-corrected chi connectivity index (χ4v) is 6.21. The van der Waals surface area contributed by atoms with Gasteiger partial charge >= 0.3 is 12.1 Å². The minimum Gasteiger partial charge on any atom is -0.466 e. The lowest BCUT2D eigenvalue weighted by Crippen LogP contribution is -2.76. The lowest BCUT2D eigenvalue weighted by atomic mass is 9.47. The number of aryl methyl sites for hydroxylation is 2. The van der Waals surface area contributed by atoms with Crippen molar-refractivity contribution >= 4 is 17.7 Å². The summed E-state index contributed by atoms with van der Waals surface area (Å²) in [6.07, 6.45) is 3.88. The number of amides is 1. The number of hydrogen-bond donors (Lipinski definition) is 0. The van der Waals surface area contributed by atoms with E-state index in [9.17, 15) is 14.0 Å². The van der Waals surface area contributed by atoms with Crippen LogP contribution in [0.1, 0.15) is 63.8 Å². The standard InChI is InChI=1S/C27H37FN6O4/c1-5-19-21(34-11-7-8-18(13-34)12-23(35)37-6-2)10-9-20(29-19)24-22(33(4)31-30-24)14-38-25(36)32(3)27-15-26(28,16-27)17-27/h9-10,18H,5-8,11-17H2,1-4H3/t18-,26?,27?/m1/s1. The summed E-state index contributed by atoms with van der Waals surface area (Å²) in [4.78, 5) is 33.5. The molecular weight excluding hydrogens is 491 g/mol. The molecule has 1 atom stereocenters. The van der Waals surface area contributed by atoms with Crippen molar-refractivity contribution in [2.24, 2.45) is 13.0 Å². The first kappa shape index (κ1) is 26.4. The number of esters is 1. The summed E-state index contributed by atoms with van der Waals surface area (Å²) >= 11 is 0. The predicted octanol–water partition coefficient (Wildman–Crippen LogP) is 3.82. The number of rotatable bonds is 9. The molecule has 11 heteroatoms. The Morgan fingerprint density at radius 1 is 1.21 bits per heavy atom. The molecule has 0 unspecified atom stereocenters. The van der Waals surface area contributed by atoms with Gasteiger partial charge in [0.1, 0.15) is 23.7 Å². The molecule has 3 aliphatic carbocycles. The van der Waals surface area contributed by atoms with Crippen molar-refractivity contribution in [3.05, 3.63) is 23.5 Å². The Kier molecular flexibility index (Phi) is 7.04. The van der Waals surface area contributed by atoms with Crippen LogP contribution in [0.15, 0.2) is 12.1 Å². The summed E-state index contributed by atoms with van der Waals surface area (Å²) in [5, 5.41) is 8.46. The van der Waals surface area contributed by atoms with Crippen molar-refractivity contribution in [1.82, 2.24) is 24.9 Å². The molecule has 4 fully saturated rings. The lowest BCUT2D eigenvalue weighted by Gasteiger charge is -2.68. The number of nitrogens with zero attached hydrogens (tertiary/aromatic N) is 6. The number of anilines is 1. The predicted molar refractivity (Wildman–Crippen MR) is 138 cm³/mol. The van der Waals surface area contributed by atoms with E-state index in [0.717, 1.165) is 43.7 Å². The van der Waals surface area contributed by atoms with Crippen LogP contribution in [-0.4, -0.2) is 74.9 Å². The van der Waals surface area contributed by atoms with E-state index in [-0.39, 0.29) is 18.5 Å². The van der Waals surface area contributed by atoms with E-state index >= 15 is 0 Å². The maximum Gasteiger partial charge on any atom is 0.410 e. The second-order valence-corrected chi connectivity index (χ2v) is 11.0. The first-order chi connectivity index (χ1) is 18.2. The van der Waals surface area contributed by atoms with E-state index in [2.05, 4.69) is 28.2 Å². The quantitative estimate of drug-likeness (QED) is 0.453. The molecular formula is C27H37FN6O4. The molecule has 1 amide bonds. The Morgan fingerprint density at radius 3 is 2.66 bits per heavy atom. The number of halogens is 1. The second kappa shape index (κ2) is 10.1. The monoisotopic (exact) mass is 528 g/mol. The van der Waals surface area contributed by atoms with Gasteiger partial charge in [-0.2, -0.15) is 0 Å². The van der Waals surface area contributed by atoms with E-state index < -0.39 is 17.3 Å². The van der Waals surface area contributed by atoms with Gasteiger partial charge in [-0.1, -0.05) is 12.1 Å². The highest BCUT2D eigenvalue weighted by Crippen LogP contribution is 2.65. The van der Waals surface area contributed by atoms with E-state index in [0.29, 0.717) is 49.4 Å². The lowest BCUT2D eigenvalue weighted by molar-refractivity contribution is -0.211. The van der Waals surface area contributed by atoms with Crippen molar-refractivity contribution in [2.75, 3.05) is 31.6 Å². The molecule has 0 aromatic carbocycles. The van der Waals surface area contributed by atoms with Gasteiger partial charge in [-0.3, -0.25) is 4.79 Å². The topological polar surface area (TPSA) is 103 Å². The van der Waals surface area contributed by atoms with Crippen molar-refractivity contribution in [3.63, 3.8) is 0 Å². The highest BCUT2D eigenvalue weighted by atomic mass is 19.1. The van der Waals surface area contributed by atoms with E-state index in [1.54, 1.807) is 18.8 Å². The van der Waals surface area contributed by atoms with Crippen molar-refractivity contribution in [2.45, 2.75) is 76.6 Å². The smallest absolute Gasteiger partial charge is 0.410 e. The molecule has 10 nitrogen and oxygen atoms in total. The normalized spacial score (nSPS) is 25.8. The zero-order valence-electron chi connectivity index (χ0n) is 22.7. The molecule has 0 radical (unpaired) electrons. The molecule has 1 saturated heterocycles. The van der Waals surface area contributed by atoms with Gasteiger partial charge in [0.15, 0.2) is 0 Å². The molecule has 38 heavy (non-hydrogen) atoms. The number of carbonyl (C=O) groups is 2. The number of pyridine rings is 1. The molecule has 0 spiro atoms. The van der Waals surface area contributed by atoms with Crippen LogP contribution in [0.4, 0.5) is 14.9 Å². The average Bonchev–Trinajstić information content (AvgIpc) is 3.24. The maximum atomic E-state index is 13.9. The van der Waals surface area contributed by atoms with E-state index in [4.69, 9.17) is 14.5 Å². The summed E-state index contributed by atoms with van der Waals surface area (Å²) < 4.78 is 26.3. The van der Waals surface area contributed by atoms with E-state index in [1.807, 2.05) is 13.0 Å². The Hall–Kier alpha value is -3.24. The number of aromatic nitrogens is 4. The molecule has 2 bridgehead atoms. The number of piperidine rings is 1. The van der Waals surface area contributed by atoms with Crippen LogP contribution in [0.3, 0.4) is 0 Å². The second-order valence-electron chi connectivity index (χ2n) is 11.0. The molecule has 3 saturated carbocycles. The average molecular weight is 529 g/mol. The van der Waals surface area contributed by atoms with Gasteiger partial charge in [-0.15, -0.1) is 5.10 Å². The highest BCUT2D eigenvalue weighted by molar-refractivity contribution is 5.71. The van der Waals surface area contributed by atoms with Gasteiger partial charge in [0, 0.05) is 46.4 Å². The number of alkyl halides is 1. The van der Waals surface area contributed by atoms with Crippen LogP contribution in [0.2, 0.25) is 0 Å². The summed E-state index contributed by atoms with van der Waals surface area (Å²) in [6.45, 7) is 6.00. The third-order valence-electron chi connectivity index (χ3n) is 8.35. The Balaban J connectivity index is 1.28. The van der Waals surface area contributed by atoms with E-state index in [1.165, 1.54) is 4.90 Å². The van der Waals surface area contributed by atoms with Crippen LogP contribution in [0, 0.1) is 5.92 Å². The molecule has 2 aromatic heterocycles. The van der Waals surface area contributed by atoms with Gasteiger partial charge in [-0.05, 0) is 44.2 Å². The van der Waals surface area contributed by atoms with Gasteiger partial charge in [0.25, 0.3) is 0 Å². The number of ether oxygens (including phenoxy) is 2. The van der Waals surface area contributed by atoms with Crippen LogP contribution in [0.5, 0.6) is 0 Å². The fourth-order valence-electron chi connectivity index (χ4n) is 6.21. The summed E-state index contributed by atoms with van der Waals surface area (Å²) in [7, 11) is 3.43. The molecule has 4 aliphatic rings. The fraction of sp³-hybridized carbons (Fsp3) is 0.667. The molecule has 206 valence electrons. The van der Waals surface area contributed by atoms with Gasteiger partial charge in [0.2, 0.25) is 0 Å². The molecule has 3 heterocycles. The molecule has 2 aromatic rings. The van der Waals surface area contributed by atoms with Crippen LogP contribution >= 0.6 is 0 Å². The summed E-state index contributed by atoms with van der Waals surface area (Å²) in [5.74, 6) is 0.119. The Labute approximate surface area is 222 Å². The zero-order chi connectivity index (χ0) is 27.1. The Bertz CT molecular complexity index is 1200. The van der Waals surface area contributed by atoms with Crippen molar-refractivity contribution < 1.29 is 23.5 Å². The molecule has 1 aliphatic heterocycles. The van der Waals surface area contributed by atoms with Gasteiger partial charge < -0.3 is 19.3 Å². The number of carbonyl (C=O) groups excluding carboxylic acids is 2.